The molecule has 0 bridgehead atoms. The van der Waals surface area contributed by atoms with Crippen molar-refractivity contribution in [3.8, 4) is 5.69 Å². The molecule has 1 aliphatic carbocycles. The van der Waals surface area contributed by atoms with Crippen molar-refractivity contribution >= 4 is 17.6 Å². The summed E-state index contributed by atoms with van der Waals surface area (Å²) in [4.78, 5) is 37.0. The summed E-state index contributed by atoms with van der Waals surface area (Å²) in [6.07, 6.45) is 1.92. The van der Waals surface area contributed by atoms with Gasteiger partial charge in [-0.05, 0) is 31.4 Å². The highest BCUT2D eigenvalue weighted by atomic mass is 35.5. The summed E-state index contributed by atoms with van der Waals surface area (Å²) in [6.45, 7) is 0. The number of ether oxygens (including phenoxy) is 1. The van der Waals surface area contributed by atoms with E-state index in [2.05, 4.69) is 4.74 Å². The summed E-state index contributed by atoms with van der Waals surface area (Å²) in [5, 5.41) is -0.158. The second kappa shape index (κ2) is 5.90. The molecule has 2 aromatic rings. The van der Waals surface area contributed by atoms with E-state index in [1.54, 1.807) is 0 Å². The number of benzene rings is 1. The molecule has 126 valence electrons. The van der Waals surface area contributed by atoms with Gasteiger partial charge in [0.25, 0.3) is 5.56 Å². The molecule has 8 heteroatoms. The third kappa shape index (κ3) is 2.36. The fraction of sp³-hybridized carbons (Fsp3) is 0.312. The molecule has 1 heterocycles. The Labute approximate surface area is 141 Å². The Hall–Kier alpha value is -2.41. The van der Waals surface area contributed by atoms with Crippen molar-refractivity contribution < 1.29 is 13.9 Å². The third-order valence-corrected chi connectivity index (χ3v) is 4.53. The van der Waals surface area contributed by atoms with Gasteiger partial charge in [-0.15, -0.1) is 0 Å². The number of carbonyl (C=O) groups excluding carboxylic acids is 1. The SMILES string of the molecule is COC(=O)c1cc(-n2c(=O)c3c(n(C)c2=O)CCC3)c(F)cc1Cl. The monoisotopic (exact) mass is 352 g/mol. The van der Waals surface area contributed by atoms with E-state index >= 15 is 0 Å². The first-order valence-electron chi connectivity index (χ1n) is 7.28. The first-order chi connectivity index (χ1) is 11.4. The molecule has 0 saturated heterocycles. The molecule has 1 aliphatic rings. The molecule has 0 saturated carbocycles. The Kier molecular flexibility index (Phi) is 4.04. The number of carbonyl (C=O) groups is 1. The summed E-state index contributed by atoms with van der Waals surface area (Å²) >= 11 is 5.86. The van der Waals surface area contributed by atoms with Crippen LogP contribution in [0.15, 0.2) is 21.7 Å². The zero-order valence-corrected chi connectivity index (χ0v) is 13.8. The zero-order valence-electron chi connectivity index (χ0n) is 13.1. The van der Waals surface area contributed by atoms with E-state index in [4.69, 9.17) is 11.6 Å². The Morgan fingerprint density at radius 3 is 2.67 bits per heavy atom. The number of hydrogen-bond acceptors (Lipinski definition) is 4. The lowest BCUT2D eigenvalue weighted by molar-refractivity contribution is 0.0601. The Balaban J connectivity index is 2.36. The molecule has 0 unspecified atom stereocenters. The molecule has 0 amide bonds. The molecule has 24 heavy (non-hydrogen) atoms. The molecule has 0 aliphatic heterocycles. The quantitative estimate of drug-likeness (QED) is 0.770. The van der Waals surface area contributed by atoms with Crippen LogP contribution in [0.4, 0.5) is 4.39 Å². The summed E-state index contributed by atoms with van der Waals surface area (Å²) in [5.41, 5.74) is -0.514. The van der Waals surface area contributed by atoms with Crippen LogP contribution in [0.25, 0.3) is 5.69 Å². The highest BCUT2D eigenvalue weighted by Gasteiger charge is 2.24. The first kappa shape index (κ1) is 16.4. The average Bonchev–Trinajstić information content (AvgIpc) is 3.04. The second-order valence-electron chi connectivity index (χ2n) is 5.54. The van der Waals surface area contributed by atoms with Crippen LogP contribution in [0.1, 0.15) is 28.0 Å². The number of halogens is 2. The van der Waals surface area contributed by atoms with Crippen LogP contribution in [0.3, 0.4) is 0 Å². The largest absolute Gasteiger partial charge is 0.465 e. The molecule has 0 atom stereocenters. The van der Waals surface area contributed by atoms with Crippen molar-refractivity contribution in [2.75, 3.05) is 7.11 Å². The molecular weight excluding hydrogens is 339 g/mol. The molecule has 0 spiro atoms. The average molecular weight is 353 g/mol. The van der Waals surface area contributed by atoms with Crippen LogP contribution < -0.4 is 11.2 Å². The number of hydrogen-bond donors (Lipinski definition) is 0. The van der Waals surface area contributed by atoms with Gasteiger partial charge in [-0.25, -0.2) is 18.5 Å². The molecule has 1 aromatic heterocycles. The van der Waals surface area contributed by atoms with Crippen molar-refractivity contribution in [2.24, 2.45) is 7.05 Å². The second-order valence-corrected chi connectivity index (χ2v) is 5.94. The van der Waals surface area contributed by atoms with E-state index in [0.29, 0.717) is 24.1 Å². The number of esters is 1. The molecule has 1 aromatic carbocycles. The molecule has 0 N–H and O–H groups in total. The van der Waals surface area contributed by atoms with Gasteiger partial charge in [-0.1, -0.05) is 11.6 Å². The number of fused-ring (bicyclic) bond motifs is 1. The van der Waals surface area contributed by atoms with Crippen LogP contribution in [0.5, 0.6) is 0 Å². The third-order valence-electron chi connectivity index (χ3n) is 4.22. The summed E-state index contributed by atoms with van der Waals surface area (Å²) < 4.78 is 21.1. The minimum absolute atomic E-state index is 0.120. The Bertz CT molecular complexity index is 978. The standard InChI is InChI=1S/C16H14ClFN2O4/c1-19-12-5-3-4-8(12)14(21)20(16(19)23)13-6-9(15(22)24-2)10(17)7-11(13)18/h6-7H,3-5H2,1-2H3. The summed E-state index contributed by atoms with van der Waals surface area (Å²) in [6, 6.07) is 1.95. The van der Waals surface area contributed by atoms with Crippen molar-refractivity contribution in [1.82, 2.24) is 9.13 Å². The van der Waals surface area contributed by atoms with Crippen molar-refractivity contribution in [3.05, 3.63) is 60.6 Å². The van der Waals surface area contributed by atoms with E-state index in [1.165, 1.54) is 11.6 Å². The smallest absolute Gasteiger partial charge is 0.339 e. The lowest BCUT2D eigenvalue weighted by atomic mass is 10.1. The minimum atomic E-state index is -0.871. The van der Waals surface area contributed by atoms with Crippen LogP contribution in [0, 0.1) is 5.82 Å². The van der Waals surface area contributed by atoms with Crippen LogP contribution in [-0.4, -0.2) is 22.2 Å². The van der Waals surface area contributed by atoms with E-state index in [-0.39, 0.29) is 16.3 Å². The highest BCUT2D eigenvalue weighted by molar-refractivity contribution is 6.33. The lowest BCUT2D eigenvalue weighted by Crippen LogP contribution is -2.41. The van der Waals surface area contributed by atoms with Gasteiger partial charge < -0.3 is 9.30 Å². The van der Waals surface area contributed by atoms with Crippen LogP contribution in [0.2, 0.25) is 5.02 Å². The molecule has 6 nitrogen and oxygen atoms in total. The van der Waals surface area contributed by atoms with Crippen molar-refractivity contribution in [1.29, 1.82) is 0 Å². The molecule has 0 fully saturated rings. The van der Waals surface area contributed by atoms with Gasteiger partial charge in [0.2, 0.25) is 0 Å². The van der Waals surface area contributed by atoms with Crippen molar-refractivity contribution in [2.45, 2.75) is 19.3 Å². The maximum Gasteiger partial charge on any atom is 0.339 e. The topological polar surface area (TPSA) is 70.3 Å². The highest BCUT2D eigenvalue weighted by Crippen LogP contribution is 2.24. The molecular formula is C16H14ClFN2O4. The summed E-state index contributed by atoms with van der Waals surface area (Å²) in [5.74, 6) is -1.66. The fourth-order valence-corrected chi connectivity index (χ4v) is 3.23. The molecule has 3 rings (SSSR count). The fourth-order valence-electron chi connectivity index (χ4n) is 3.00. The first-order valence-corrected chi connectivity index (χ1v) is 7.66. The van der Waals surface area contributed by atoms with E-state index in [1.807, 2.05) is 0 Å². The van der Waals surface area contributed by atoms with Gasteiger partial charge in [0, 0.05) is 18.3 Å². The van der Waals surface area contributed by atoms with Crippen LogP contribution in [-0.2, 0) is 24.6 Å². The maximum atomic E-state index is 14.4. The Morgan fingerprint density at radius 1 is 1.29 bits per heavy atom. The van der Waals surface area contributed by atoms with E-state index < -0.39 is 23.0 Å². The lowest BCUT2D eigenvalue weighted by Gasteiger charge is -2.14. The zero-order chi connectivity index (χ0) is 17.6. The number of aromatic nitrogens is 2. The van der Waals surface area contributed by atoms with E-state index in [0.717, 1.165) is 30.2 Å². The van der Waals surface area contributed by atoms with Gasteiger partial charge in [0.1, 0.15) is 5.82 Å². The van der Waals surface area contributed by atoms with Gasteiger partial charge in [0.15, 0.2) is 0 Å². The van der Waals surface area contributed by atoms with Gasteiger partial charge in [-0.2, -0.15) is 0 Å². The van der Waals surface area contributed by atoms with Crippen molar-refractivity contribution in [3.63, 3.8) is 0 Å². The Morgan fingerprint density at radius 2 is 2.00 bits per heavy atom. The number of nitrogens with zero attached hydrogens (tertiary/aromatic N) is 2. The number of rotatable bonds is 2. The number of methoxy groups -OCH3 is 1. The normalized spacial score (nSPS) is 13.0. The molecule has 0 radical (unpaired) electrons. The maximum absolute atomic E-state index is 14.4. The van der Waals surface area contributed by atoms with E-state index in [9.17, 15) is 18.8 Å². The van der Waals surface area contributed by atoms with Gasteiger partial charge >= 0.3 is 11.7 Å². The van der Waals surface area contributed by atoms with Gasteiger partial charge in [-0.3, -0.25) is 4.79 Å². The minimum Gasteiger partial charge on any atom is -0.465 e. The predicted molar refractivity (Wildman–Crippen MR) is 85.6 cm³/mol. The summed E-state index contributed by atoms with van der Waals surface area (Å²) in [7, 11) is 2.69. The van der Waals surface area contributed by atoms with Gasteiger partial charge in [0.05, 0.1) is 23.4 Å². The predicted octanol–water partition coefficient (Wildman–Crippen LogP) is 1.60. The van der Waals surface area contributed by atoms with Crippen LogP contribution >= 0.6 is 11.6 Å².